The Morgan fingerprint density at radius 3 is 2.38 bits per heavy atom. The maximum atomic E-state index is 13.3. The zero-order valence-electron chi connectivity index (χ0n) is 18.2. The monoisotopic (exact) mass is 503 g/mol. The van der Waals surface area contributed by atoms with Gasteiger partial charge in [0, 0.05) is 29.8 Å². The minimum absolute atomic E-state index is 0.00840. The molecule has 1 aromatic rings. The second kappa shape index (κ2) is 8.90. The number of anilines is 1. The number of nitrogens with one attached hydrogen (secondary N) is 2. The number of hydrogen-bond donors (Lipinski definition) is 2. The fraction of sp³-hybridized carbons (Fsp3) is 0.600. The molecule has 2 N–H and O–H groups in total. The predicted octanol–water partition coefficient (Wildman–Crippen LogP) is 4.16. The van der Waals surface area contributed by atoms with Gasteiger partial charge >= 0.3 is 0 Å². The van der Waals surface area contributed by atoms with E-state index in [0.717, 1.165) is 48.9 Å². The molecule has 0 unspecified atom stereocenters. The zero-order chi connectivity index (χ0) is 22.3. The van der Waals surface area contributed by atoms with Crippen LogP contribution >= 0.6 is 15.9 Å². The van der Waals surface area contributed by atoms with Gasteiger partial charge in [-0.25, -0.2) is 4.39 Å². The molecule has 0 aromatic heterocycles. The first-order valence-electron chi connectivity index (χ1n) is 11.9. The molecular formula is C25H31BrFN3O2. The molecule has 2 amide bonds. The third-order valence-corrected chi connectivity index (χ3v) is 8.50. The Kier molecular flexibility index (Phi) is 6.14. The molecule has 1 spiro atoms. The summed E-state index contributed by atoms with van der Waals surface area (Å²) >= 11 is 3.42. The maximum absolute atomic E-state index is 13.3. The summed E-state index contributed by atoms with van der Waals surface area (Å²) < 4.78 is 14.2. The van der Waals surface area contributed by atoms with E-state index in [1.54, 1.807) is 0 Å². The molecule has 1 aliphatic heterocycles. The number of carbonyl (C=O) groups is 2. The van der Waals surface area contributed by atoms with Crippen molar-refractivity contribution in [3.05, 3.63) is 40.9 Å². The van der Waals surface area contributed by atoms with Crippen molar-refractivity contribution in [2.24, 2.45) is 29.1 Å². The van der Waals surface area contributed by atoms with Gasteiger partial charge in [-0.2, -0.15) is 0 Å². The normalized spacial score (nSPS) is 31.9. The number of likely N-dealkylation sites (tertiary alicyclic amines) is 1. The second-order valence-electron chi connectivity index (χ2n) is 9.90. The van der Waals surface area contributed by atoms with Gasteiger partial charge in [-0.1, -0.05) is 28.1 Å². The smallest absolute Gasteiger partial charge is 0.228 e. The summed E-state index contributed by atoms with van der Waals surface area (Å²) in [6.07, 6.45) is 8.35. The van der Waals surface area contributed by atoms with Crippen molar-refractivity contribution in [2.45, 2.75) is 38.3 Å². The van der Waals surface area contributed by atoms with E-state index < -0.39 is 6.17 Å². The van der Waals surface area contributed by atoms with Gasteiger partial charge in [0.2, 0.25) is 11.8 Å². The number of amides is 2. The van der Waals surface area contributed by atoms with Gasteiger partial charge in [0.25, 0.3) is 0 Å². The summed E-state index contributed by atoms with van der Waals surface area (Å²) in [5.41, 5.74) is 0.883. The van der Waals surface area contributed by atoms with Crippen molar-refractivity contribution in [1.82, 2.24) is 10.2 Å². The summed E-state index contributed by atoms with van der Waals surface area (Å²) in [4.78, 5) is 28.7. The van der Waals surface area contributed by atoms with Gasteiger partial charge in [-0.15, -0.1) is 0 Å². The van der Waals surface area contributed by atoms with Gasteiger partial charge in [0.05, 0.1) is 11.8 Å². The molecule has 3 fully saturated rings. The van der Waals surface area contributed by atoms with E-state index in [4.69, 9.17) is 0 Å². The van der Waals surface area contributed by atoms with Crippen molar-refractivity contribution >= 4 is 33.4 Å². The average molecular weight is 504 g/mol. The highest BCUT2D eigenvalue weighted by Crippen LogP contribution is 2.72. The Hall–Kier alpha value is -1.73. The van der Waals surface area contributed by atoms with E-state index in [1.807, 2.05) is 24.3 Å². The first-order valence-corrected chi connectivity index (χ1v) is 12.7. The number of rotatable bonds is 8. The first-order chi connectivity index (χ1) is 15.5. The minimum atomic E-state index is -0.684. The molecule has 1 heterocycles. The number of nitrogens with zero attached hydrogens (tertiary/aromatic N) is 1. The SMILES string of the molecule is O=C(NCCCCN1CC[C@@H](F)C1)[C@H]1[C@H](C(=O)Nc2ccc(Br)cc2)[C@@H]2C=C[C@H]1C21CC1. The van der Waals surface area contributed by atoms with Crippen LogP contribution in [0.5, 0.6) is 0 Å². The Morgan fingerprint density at radius 1 is 1.06 bits per heavy atom. The molecule has 5 rings (SSSR count). The number of unbranched alkanes of at least 4 members (excludes halogenated alkanes) is 1. The average Bonchev–Trinajstić information content (AvgIpc) is 3.26. The first kappa shape index (κ1) is 22.1. The van der Waals surface area contributed by atoms with Gasteiger partial charge in [-0.3, -0.25) is 9.59 Å². The Balaban J connectivity index is 1.18. The summed E-state index contributed by atoms with van der Waals surface area (Å²) in [6, 6.07) is 7.55. The van der Waals surface area contributed by atoms with Crippen LogP contribution in [0.1, 0.15) is 32.1 Å². The molecule has 1 aromatic carbocycles. The van der Waals surface area contributed by atoms with Gasteiger partial charge in [0.15, 0.2) is 0 Å². The van der Waals surface area contributed by atoms with Crippen LogP contribution in [-0.4, -0.2) is 49.1 Å². The van der Waals surface area contributed by atoms with Gasteiger partial charge < -0.3 is 15.5 Å². The molecule has 172 valence electrons. The summed E-state index contributed by atoms with van der Waals surface area (Å²) in [6.45, 7) is 2.87. The lowest BCUT2D eigenvalue weighted by molar-refractivity contribution is -0.132. The molecular weight excluding hydrogens is 473 g/mol. The number of allylic oxidation sites excluding steroid dienone is 2. The van der Waals surface area contributed by atoms with Crippen molar-refractivity contribution in [1.29, 1.82) is 0 Å². The highest BCUT2D eigenvalue weighted by atomic mass is 79.9. The molecule has 2 saturated carbocycles. The Labute approximate surface area is 197 Å². The van der Waals surface area contributed by atoms with E-state index >= 15 is 0 Å². The van der Waals surface area contributed by atoms with Crippen molar-refractivity contribution in [3.63, 3.8) is 0 Å². The fourth-order valence-electron chi connectivity index (χ4n) is 6.25. The molecule has 3 aliphatic carbocycles. The molecule has 0 radical (unpaired) electrons. The quantitative estimate of drug-likeness (QED) is 0.413. The molecule has 5 nitrogen and oxygen atoms in total. The maximum Gasteiger partial charge on any atom is 0.228 e. The molecule has 5 atom stereocenters. The molecule has 1 saturated heterocycles. The fourth-order valence-corrected chi connectivity index (χ4v) is 6.51. The highest BCUT2D eigenvalue weighted by molar-refractivity contribution is 9.10. The van der Waals surface area contributed by atoms with Crippen LogP contribution in [-0.2, 0) is 9.59 Å². The third-order valence-electron chi connectivity index (χ3n) is 7.97. The van der Waals surface area contributed by atoms with Crippen LogP contribution in [0.25, 0.3) is 0 Å². The van der Waals surface area contributed by atoms with E-state index in [1.165, 1.54) is 0 Å². The van der Waals surface area contributed by atoms with E-state index in [2.05, 4.69) is 43.6 Å². The lowest BCUT2D eigenvalue weighted by Crippen LogP contribution is -2.42. The van der Waals surface area contributed by atoms with Crippen LogP contribution in [0, 0.1) is 29.1 Å². The lowest BCUT2D eigenvalue weighted by atomic mass is 9.81. The Bertz CT molecular complexity index is 901. The molecule has 2 bridgehead atoms. The predicted molar refractivity (Wildman–Crippen MR) is 126 cm³/mol. The Morgan fingerprint density at radius 2 is 1.75 bits per heavy atom. The largest absolute Gasteiger partial charge is 0.356 e. The van der Waals surface area contributed by atoms with E-state index in [9.17, 15) is 14.0 Å². The second-order valence-corrected chi connectivity index (χ2v) is 10.8. The number of carbonyl (C=O) groups excluding carboxylic acids is 2. The number of halogens is 2. The van der Waals surface area contributed by atoms with Crippen molar-refractivity contribution in [2.75, 3.05) is 31.5 Å². The third kappa shape index (κ3) is 4.14. The standard InChI is InChI=1S/C25H31BrFN3O2/c26-16-3-5-18(6-4-16)29-24(32)22-20-8-7-19(25(20)10-11-25)21(22)23(31)28-12-1-2-13-30-14-9-17(27)15-30/h3-8,17,19-22H,1-2,9-15H2,(H,28,31)(H,29,32)/t17-,19-,20+,21-,22-/m1/s1. The number of alkyl halides is 1. The zero-order valence-corrected chi connectivity index (χ0v) is 19.8. The lowest BCUT2D eigenvalue weighted by Gasteiger charge is -2.26. The number of hydrogen-bond acceptors (Lipinski definition) is 3. The number of benzene rings is 1. The van der Waals surface area contributed by atoms with Gasteiger partial charge in [-0.05, 0) is 80.2 Å². The topological polar surface area (TPSA) is 61.4 Å². The molecule has 4 aliphatic rings. The minimum Gasteiger partial charge on any atom is -0.356 e. The van der Waals surface area contributed by atoms with Crippen LogP contribution in [0.15, 0.2) is 40.9 Å². The van der Waals surface area contributed by atoms with Crippen LogP contribution in [0.4, 0.5) is 10.1 Å². The van der Waals surface area contributed by atoms with E-state index in [-0.39, 0.29) is 40.9 Å². The van der Waals surface area contributed by atoms with Crippen LogP contribution in [0.3, 0.4) is 0 Å². The molecule has 32 heavy (non-hydrogen) atoms. The highest BCUT2D eigenvalue weighted by Gasteiger charge is 2.69. The summed E-state index contributed by atoms with van der Waals surface area (Å²) in [5.74, 6) is -0.336. The van der Waals surface area contributed by atoms with Crippen molar-refractivity contribution in [3.8, 4) is 0 Å². The molecule has 7 heteroatoms. The summed E-state index contributed by atoms with van der Waals surface area (Å²) in [7, 11) is 0. The summed E-state index contributed by atoms with van der Waals surface area (Å²) in [5, 5.41) is 6.16. The van der Waals surface area contributed by atoms with Gasteiger partial charge in [0.1, 0.15) is 6.17 Å². The van der Waals surface area contributed by atoms with Crippen LogP contribution < -0.4 is 10.6 Å². The van der Waals surface area contributed by atoms with E-state index in [0.29, 0.717) is 19.5 Å². The van der Waals surface area contributed by atoms with Crippen molar-refractivity contribution < 1.29 is 14.0 Å². The van der Waals surface area contributed by atoms with Crippen LogP contribution in [0.2, 0.25) is 0 Å².